The number of hydrogen-bond acceptors (Lipinski definition) is 6. The lowest BCUT2D eigenvalue weighted by Gasteiger charge is -2.14. The van der Waals surface area contributed by atoms with Gasteiger partial charge >= 0.3 is 11.8 Å². The first kappa shape index (κ1) is 20.9. The SMILES string of the molecule is COc1ccc([N+](=O)[O-])c(C#CCNC(=O)OCC2c3ccccc3-c3ccccc32)n1. The Labute approximate surface area is 184 Å². The zero-order valence-electron chi connectivity index (χ0n) is 17.2. The van der Waals surface area contributed by atoms with Gasteiger partial charge in [-0.1, -0.05) is 54.5 Å². The van der Waals surface area contributed by atoms with E-state index in [-0.39, 0.29) is 36.3 Å². The van der Waals surface area contributed by atoms with Gasteiger partial charge in [-0.3, -0.25) is 10.1 Å². The molecule has 1 amide bonds. The summed E-state index contributed by atoms with van der Waals surface area (Å²) in [6, 6.07) is 18.8. The third-order valence-electron chi connectivity index (χ3n) is 5.13. The number of pyridine rings is 1. The summed E-state index contributed by atoms with van der Waals surface area (Å²) < 4.78 is 10.4. The first-order chi connectivity index (χ1) is 15.6. The number of nitro groups is 1. The minimum Gasteiger partial charge on any atom is -0.481 e. The molecule has 1 aromatic heterocycles. The summed E-state index contributed by atoms with van der Waals surface area (Å²) in [6.45, 7) is 0.142. The molecule has 8 nitrogen and oxygen atoms in total. The van der Waals surface area contributed by atoms with E-state index in [2.05, 4.69) is 34.3 Å². The van der Waals surface area contributed by atoms with E-state index in [1.165, 1.54) is 19.2 Å². The Balaban J connectivity index is 1.37. The van der Waals surface area contributed by atoms with Crippen molar-refractivity contribution in [3.05, 3.63) is 87.6 Å². The van der Waals surface area contributed by atoms with Crippen LogP contribution in [-0.2, 0) is 4.74 Å². The number of alkyl carbamates (subject to hydrolysis) is 1. The molecule has 0 saturated heterocycles. The van der Waals surface area contributed by atoms with Gasteiger partial charge in [0, 0.05) is 18.1 Å². The number of nitrogens with one attached hydrogen (secondary N) is 1. The maximum Gasteiger partial charge on any atom is 0.407 e. The highest BCUT2D eigenvalue weighted by Gasteiger charge is 2.28. The smallest absolute Gasteiger partial charge is 0.407 e. The molecule has 0 fully saturated rings. The fourth-order valence-corrected chi connectivity index (χ4v) is 3.68. The Morgan fingerprint density at radius 1 is 1.09 bits per heavy atom. The number of aromatic nitrogens is 1. The lowest BCUT2D eigenvalue weighted by Crippen LogP contribution is -2.26. The summed E-state index contributed by atoms with van der Waals surface area (Å²) in [6.07, 6.45) is -0.616. The van der Waals surface area contributed by atoms with Gasteiger partial charge < -0.3 is 14.8 Å². The molecule has 0 spiro atoms. The van der Waals surface area contributed by atoms with E-state index >= 15 is 0 Å². The molecule has 1 aliphatic rings. The van der Waals surface area contributed by atoms with Gasteiger partial charge in [0.05, 0.1) is 18.6 Å². The molecule has 8 heteroatoms. The molecule has 0 saturated carbocycles. The topological polar surface area (TPSA) is 104 Å². The molecule has 160 valence electrons. The first-order valence-electron chi connectivity index (χ1n) is 9.85. The molecule has 32 heavy (non-hydrogen) atoms. The van der Waals surface area contributed by atoms with E-state index in [0.29, 0.717) is 0 Å². The summed E-state index contributed by atoms with van der Waals surface area (Å²) >= 11 is 0. The molecule has 1 N–H and O–H groups in total. The van der Waals surface area contributed by atoms with Crippen molar-refractivity contribution >= 4 is 11.8 Å². The van der Waals surface area contributed by atoms with Crippen molar-refractivity contribution in [2.45, 2.75) is 5.92 Å². The van der Waals surface area contributed by atoms with Crippen LogP contribution in [0.2, 0.25) is 0 Å². The quantitative estimate of drug-likeness (QED) is 0.375. The number of amides is 1. The Morgan fingerprint density at radius 3 is 2.38 bits per heavy atom. The van der Waals surface area contributed by atoms with Crippen LogP contribution in [0.4, 0.5) is 10.5 Å². The summed E-state index contributed by atoms with van der Waals surface area (Å²) in [5.74, 6) is 5.42. The third-order valence-corrected chi connectivity index (χ3v) is 5.13. The number of carbonyl (C=O) groups is 1. The molecule has 1 aliphatic carbocycles. The molecule has 0 bridgehead atoms. The monoisotopic (exact) mass is 429 g/mol. The van der Waals surface area contributed by atoms with Crippen LogP contribution in [-0.4, -0.2) is 36.3 Å². The maximum absolute atomic E-state index is 12.2. The summed E-state index contributed by atoms with van der Waals surface area (Å²) in [5, 5.41) is 13.7. The van der Waals surface area contributed by atoms with Crippen LogP contribution in [0.25, 0.3) is 11.1 Å². The maximum atomic E-state index is 12.2. The zero-order valence-corrected chi connectivity index (χ0v) is 17.2. The molecular formula is C24H19N3O5. The molecule has 2 aromatic carbocycles. The number of carbonyl (C=O) groups excluding carboxylic acids is 1. The lowest BCUT2D eigenvalue weighted by atomic mass is 9.98. The predicted octanol–water partition coefficient (Wildman–Crippen LogP) is 3.89. The van der Waals surface area contributed by atoms with Crippen molar-refractivity contribution in [1.29, 1.82) is 0 Å². The van der Waals surface area contributed by atoms with Crippen molar-refractivity contribution in [3.63, 3.8) is 0 Å². The van der Waals surface area contributed by atoms with Crippen LogP contribution in [0.5, 0.6) is 5.88 Å². The van der Waals surface area contributed by atoms with Gasteiger partial charge in [0.2, 0.25) is 5.88 Å². The van der Waals surface area contributed by atoms with Crippen LogP contribution >= 0.6 is 0 Å². The van der Waals surface area contributed by atoms with Gasteiger partial charge in [0.25, 0.3) is 0 Å². The number of fused-ring (bicyclic) bond motifs is 3. The molecule has 0 aliphatic heterocycles. The second kappa shape index (κ2) is 9.18. The van der Waals surface area contributed by atoms with Crippen LogP contribution in [0.15, 0.2) is 60.7 Å². The number of methoxy groups -OCH3 is 1. The molecular weight excluding hydrogens is 410 g/mol. The van der Waals surface area contributed by atoms with E-state index in [9.17, 15) is 14.9 Å². The number of rotatable bonds is 5. The van der Waals surface area contributed by atoms with Crippen molar-refractivity contribution in [2.75, 3.05) is 20.3 Å². The van der Waals surface area contributed by atoms with Gasteiger partial charge in [0.15, 0.2) is 5.69 Å². The fourth-order valence-electron chi connectivity index (χ4n) is 3.68. The van der Waals surface area contributed by atoms with Crippen molar-refractivity contribution in [2.24, 2.45) is 0 Å². The average molecular weight is 429 g/mol. The van der Waals surface area contributed by atoms with E-state index in [4.69, 9.17) is 9.47 Å². The number of benzene rings is 2. The molecule has 0 atom stereocenters. The Hall–Kier alpha value is -4.38. The second-order valence-corrected chi connectivity index (χ2v) is 6.96. The zero-order chi connectivity index (χ0) is 22.5. The van der Waals surface area contributed by atoms with Gasteiger partial charge in [0.1, 0.15) is 6.61 Å². The molecule has 0 unspecified atom stereocenters. The van der Waals surface area contributed by atoms with E-state index < -0.39 is 11.0 Å². The van der Waals surface area contributed by atoms with Crippen molar-refractivity contribution in [3.8, 4) is 28.8 Å². The highest BCUT2D eigenvalue weighted by molar-refractivity contribution is 5.79. The van der Waals surface area contributed by atoms with Crippen LogP contribution in [0.1, 0.15) is 22.7 Å². The highest BCUT2D eigenvalue weighted by Crippen LogP contribution is 2.44. The largest absolute Gasteiger partial charge is 0.481 e. The number of ether oxygens (including phenoxy) is 2. The first-order valence-corrected chi connectivity index (χ1v) is 9.85. The summed E-state index contributed by atoms with van der Waals surface area (Å²) in [7, 11) is 1.41. The summed E-state index contributed by atoms with van der Waals surface area (Å²) in [4.78, 5) is 26.7. The lowest BCUT2D eigenvalue weighted by molar-refractivity contribution is -0.385. The fraction of sp³-hybridized carbons (Fsp3) is 0.167. The molecule has 3 aromatic rings. The second-order valence-electron chi connectivity index (χ2n) is 6.96. The standard InChI is InChI=1S/C24H19N3O5/c1-31-23-13-12-22(27(29)30)21(26-23)11-6-14-25-24(28)32-15-20-18-9-4-2-7-16(18)17-8-3-5-10-19(17)20/h2-5,7-10,12-13,20H,14-15H2,1H3,(H,25,28). The van der Waals surface area contributed by atoms with E-state index in [0.717, 1.165) is 22.3 Å². The van der Waals surface area contributed by atoms with E-state index in [1.807, 2.05) is 36.4 Å². The molecule has 0 radical (unpaired) electrons. The van der Waals surface area contributed by atoms with E-state index in [1.54, 1.807) is 0 Å². The van der Waals surface area contributed by atoms with Gasteiger partial charge in [-0.15, -0.1) is 0 Å². The Bertz CT molecular complexity index is 1200. The highest BCUT2D eigenvalue weighted by atomic mass is 16.6. The third kappa shape index (κ3) is 4.23. The van der Waals surface area contributed by atoms with Crippen LogP contribution in [0, 0.1) is 22.0 Å². The minimum absolute atomic E-state index is 0.0383. The summed E-state index contributed by atoms with van der Waals surface area (Å²) in [5.41, 5.74) is 4.27. The Morgan fingerprint density at radius 2 is 1.75 bits per heavy atom. The van der Waals surface area contributed by atoms with Gasteiger partial charge in [-0.25, -0.2) is 4.79 Å². The molecule has 1 heterocycles. The predicted molar refractivity (Wildman–Crippen MR) is 117 cm³/mol. The number of hydrogen-bond donors (Lipinski definition) is 1. The number of nitrogens with zero attached hydrogens (tertiary/aromatic N) is 2. The minimum atomic E-state index is -0.616. The van der Waals surface area contributed by atoms with Crippen molar-refractivity contribution in [1.82, 2.24) is 10.3 Å². The normalized spacial score (nSPS) is 11.5. The Kier molecular flexibility index (Phi) is 5.99. The van der Waals surface area contributed by atoms with Crippen molar-refractivity contribution < 1.29 is 19.2 Å². The van der Waals surface area contributed by atoms with Gasteiger partial charge in [-0.05, 0) is 28.2 Å². The molecule has 4 rings (SSSR count). The van der Waals surface area contributed by atoms with Crippen LogP contribution < -0.4 is 10.1 Å². The average Bonchev–Trinajstić information content (AvgIpc) is 3.14. The van der Waals surface area contributed by atoms with Gasteiger partial charge in [-0.2, -0.15) is 4.98 Å². The van der Waals surface area contributed by atoms with Crippen LogP contribution in [0.3, 0.4) is 0 Å².